The molecule has 0 saturated carbocycles. The van der Waals surface area contributed by atoms with Crippen LogP contribution in [0.2, 0.25) is 0 Å². The van der Waals surface area contributed by atoms with E-state index in [0.29, 0.717) is 0 Å². The molecule has 0 aliphatic rings. The summed E-state index contributed by atoms with van der Waals surface area (Å²) in [6, 6.07) is 16.4. The van der Waals surface area contributed by atoms with Gasteiger partial charge < -0.3 is 5.32 Å². The van der Waals surface area contributed by atoms with E-state index in [0.717, 1.165) is 11.4 Å². The first-order chi connectivity index (χ1) is 9.24. The van der Waals surface area contributed by atoms with Gasteiger partial charge >= 0.3 is 0 Å². The Bertz CT molecular complexity index is 603. The van der Waals surface area contributed by atoms with Crippen LogP contribution in [0.3, 0.4) is 0 Å². The summed E-state index contributed by atoms with van der Waals surface area (Å²) < 4.78 is 0. The lowest BCUT2D eigenvalue weighted by Crippen LogP contribution is -1.87. The molecule has 0 spiro atoms. The van der Waals surface area contributed by atoms with Crippen molar-refractivity contribution in [2.75, 3.05) is 5.32 Å². The molecule has 0 fully saturated rings. The Kier molecular flexibility index (Phi) is 6.54. The molecular formula is C17H19ClN2. The van der Waals surface area contributed by atoms with Crippen molar-refractivity contribution in [2.45, 2.75) is 13.8 Å². The molecule has 104 valence electrons. The van der Waals surface area contributed by atoms with Crippen LogP contribution in [0.4, 0.5) is 11.4 Å². The number of nitrogens with one attached hydrogen (secondary N) is 1. The van der Waals surface area contributed by atoms with Crippen LogP contribution in [0.25, 0.3) is 0 Å². The molecule has 0 bridgehead atoms. The highest BCUT2D eigenvalue weighted by atomic mass is 35.5. The number of rotatable bonds is 4. The molecule has 0 saturated heterocycles. The highest BCUT2D eigenvalue weighted by molar-refractivity contribution is 5.85. The van der Waals surface area contributed by atoms with Crippen molar-refractivity contribution >= 4 is 30.0 Å². The van der Waals surface area contributed by atoms with Crippen molar-refractivity contribution in [2.24, 2.45) is 4.99 Å². The maximum atomic E-state index is 4.36. The maximum absolute atomic E-state index is 4.36. The molecule has 0 atom stereocenters. The van der Waals surface area contributed by atoms with Gasteiger partial charge in [0.2, 0.25) is 0 Å². The van der Waals surface area contributed by atoms with Crippen molar-refractivity contribution in [1.29, 1.82) is 0 Å². The van der Waals surface area contributed by atoms with Gasteiger partial charge in [0.15, 0.2) is 0 Å². The van der Waals surface area contributed by atoms with Crippen molar-refractivity contribution in [3.05, 3.63) is 71.9 Å². The minimum atomic E-state index is 0. The fourth-order valence-electron chi connectivity index (χ4n) is 1.76. The summed E-state index contributed by atoms with van der Waals surface area (Å²) in [7, 11) is 0. The Hall–Kier alpha value is -2.06. The highest BCUT2D eigenvalue weighted by Gasteiger charge is 1.88. The summed E-state index contributed by atoms with van der Waals surface area (Å²) in [6.07, 6.45) is 5.57. The molecule has 0 aromatic heterocycles. The Balaban J connectivity index is 0.00000200. The van der Waals surface area contributed by atoms with E-state index in [4.69, 9.17) is 0 Å². The zero-order chi connectivity index (χ0) is 13.5. The SMILES string of the molecule is Cc1cccc(N=CC=CNc2cccc(C)c2)c1.Cl. The van der Waals surface area contributed by atoms with Gasteiger partial charge in [-0.1, -0.05) is 24.3 Å². The van der Waals surface area contributed by atoms with Crippen LogP contribution in [0.1, 0.15) is 11.1 Å². The third-order valence-corrected chi connectivity index (χ3v) is 2.68. The van der Waals surface area contributed by atoms with Crippen molar-refractivity contribution in [3.8, 4) is 0 Å². The maximum Gasteiger partial charge on any atom is 0.0632 e. The van der Waals surface area contributed by atoms with E-state index in [-0.39, 0.29) is 12.4 Å². The summed E-state index contributed by atoms with van der Waals surface area (Å²) in [4.78, 5) is 4.36. The predicted molar refractivity (Wildman–Crippen MR) is 90.5 cm³/mol. The average molecular weight is 287 g/mol. The summed E-state index contributed by atoms with van der Waals surface area (Å²) in [5.74, 6) is 0. The Morgan fingerprint density at radius 1 is 0.950 bits per heavy atom. The number of nitrogens with zero attached hydrogens (tertiary/aromatic N) is 1. The second kappa shape index (κ2) is 8.18. The molecule has 1 N–H and O–H groups in total. The first-order valence-corrected chi connectivity index (χ1v) is 6.33. The molecule has 0 amide bonds. The number of anilines is 1. The molecule has 3 heteroatoms. The Morgan fingerprint density at radius 3 is 2.35 bits per heavy atom. The summed E-state index contributed by atoms with van der Waals surface area (Å²) in [6.45, 7) is 4.14. The van der Waals surface area contributed by atoms with Crippen LogP contribution in [-0.2, 0) is 0 Å². The van der Waals surface area contributed by atoms with Crippen LogP contribution in [-0.4, -0.2) is 6.21 Å². The van der Waals surface area contributed by atoms with E-state index in [2.05, 4.69) is 48.4 Å². The van der Waals surface area contributed by atoms with Crippen molar-refractivity contribution < 1.29 is 0 Å². The number of halogens is 1. The smallest absolute Gasteiger partial charge is 0.0632 e. The third-order valence-electron chi connectivity index (χ3n) is 2.68. The fourth-order valence-corrected chi connectivity index (χ4v) is 1.76. The lowest BCUT2D eigenvalue weighted by atomic mass is 10.2. The number of aliphatic imine (C=N–C) groups is 1. The molecule has 2 rings (SSSR count). The molecule has 0 aliphatic heterocycles. The largest absolute Gasteiger partial charge is 0.362 e. The van der Waals surface area contributed by atoms with Gasteiger partial charge in [-0.3, -0.25) is 4.99 Å². The number of hydrogen-bond donors (Lipinski definition) is 1. The lowest BCUT2D eigenvalue weighted by molar-refractivity contribution is 1.43. The quantitative estimate of drug-likeness (QED) is 0.781. The summed E-state index contributed by atoms with van der Waals surface area (Å²) in [5, 5.41) is 3.21. The first kappa shape index (κ1) is 16.0. The highest BCUT2D eigenvalue weighted by Crippen LogP contribution is 2.12. The average Bonchev–Trinajstić information content (AvgIpc) is 2.38. The van der Waals surface area contributed by atoms with E-state index >= 15 is 0 Å². The zero-order valence-electron chi connectivity index (χ0n) is 11.7. The topological polar surface area (TPSA) is 24.4 Å². The second-order valence-corrected chi connectivity index (χ2v) is 4.49. The van der Waals surface area contributed by atoms with E-state index in [1.54, 1.807) is 6.21 Å². The molecule has 2 aromatic rings. The molecule has 0 unspecified atom stereocenters. The number of hydrogen-bond acceptors (Lipinski definition) is 2. The minimum Gasteiger partial charge on any atom is -0.362 e. The molecular weight excluding hydrogens is 268 g/mol. The Morgan fingerprint density at radius 2 is 1.65 bits per heavy atom. The summed E-state index contributed by atoms with van der Waals surface area (Å²) >= 11 is 0. The molecule has 2 aromatic carbocycles. The molecule has 0 heterocycles. The van der Waals surface area contributed by atoms with Gasteiger partial charge in [0, 0.05) is 18.1 Å². The Labute approximate surface area is 126 Å². The van der Waals surface area contributed by atoms with Crippen LogP contribution in [0.15, 0.2) is 65.8 Å². The van der Waals surface area contributed by atoms with Crippen molar-refractivity contribution in [1.82, 2.24) is 0 Å². The van der Waals surface area contributed by atoms with Crippen LogP contribution in [0, 0.1) is 13.8 Å². The number of aryl methyl sites for hydroxylation is 2. The van der Waals surface area contributed by atoms with Crippen LogP contribution >= 0.6 is 12.4 Å². The summed E-state index contributed by atoms with van der Waals surface area (Å²) in [5.41, 5.74) is 4.52. The van der Waals surface area contributed by atoms with Gasteiger partial charge in [0.25, 0.3) is 0 Å². The van der Waals surface area contributed by atoms with Crippen molar-refractivity contribution in [3.63, 3.8) is 0 Å². The van der Waals surface area contributed by atoms with Gasteiger partial charge in [-0.25, -0.2) is 0 Å². The van der Waals surface area contributed by atoms with E-state index in [9.17, 15) is 0 Å². The van der Waals surface area contributed by atoms with E-state index in [1.165, 1.54) is 11.1 Å². The predicted octanol–water partition coefficient (Wildman–Crippen LogP) is 5.05. The molecule has 0 aliphatic carbocycles. The third kappa shape index (κ3) is 5.29. The molecule has 20 heavy (non-hydrogen) atoms. The first-order valence-electron chi connectivity index (χ1n) is 6.33. The van der Waals surface area contributed by atoms with Gasteiger partial charge in [-0.2, -0.15) is 0 Å². The van der Waals surface area contributed by atoms with Gasteiger partial charge in [0.1, 0.15) is 0 Å². The fraction of sp³-hybridized carbons (Fsp3) is 0.118. The van der Waals surface area contributed by atoms with E-state index in [1.807, 2.05) is 36.5 Å². The second-order valence-electron chi connectivity index (χ2n) is 4.49. The molecule has 2 nitrogen and oxygen atoms in total. The number of allylic oxidation sites excluding steroid dienone is 1. The lowest BCUT2D eigenvalue weighted by Gasteiger charge is -2.00. The zero-order valence-corrected chi connectivity index (χ0v) is 12.5. The van der Waals surface area contributed by atoms with Crippen LogP contribution < -0.4 is 5.32 Å². The van der Waals surface area contributed by atoms with E-state index < -0.39 is 0 Å². The van der Waals surface area contributed by atoms with Crippen LogP contribution in [0.5, 0.6) is 0 Å². The monoisotopic (exact) mass is 286 g/mol. The normalized spacial score (nSPS) is 10.7. The minimum absolute atomic E-state index is 0. The number of benzene rings is 2. The van der Waals surface area contributed by atoms with Gasteiger partial charge in [-0.05, 0) is 55.3 Å². The van der Waals surface area contributed by atoms with Gasteiger partial charge in [0.05, 0.1) is 5.69 Å². The molecule has 0 radical (unpaired) electrons. The standard InChI is InChI=1S/C17H18N2.ClH/c1-14-6-3-8-16(12-14)18-10-5-11-19-17-9-4-7-15(2)13-17;/h3-13,18H,1-2H3;1H. The van der Waals surface area contributed by atoms with Gasteiger partial charge in [-0.15, -0.1) is 12.4 Å².